The molecule has 1 aliphatic rings. The molecule has 146 valence electrons. The number of nitrogens with zero attached hydrogens (tertiary/aromatic N) is 1. The van der Waals surface area contributed by atoms with Crippen molar-refractivity contribution in [3.63, 3.8) is 0 Å². The van der Waals surface area contributed by atoms with E-state index in [0.717, 1.165) is 42.1 Å². The molecule has 1 saturated heterocycles. The first-order valence-electron chi connectivity index (χ1n) is 9.85. The van der Waals surface area contributed by atoms with Crippen LogP contribution in [0.1, 0.15) is 56.0 Å². The summed E-state index contributed by atoms with van der Waals surface area (Å²) in [5.74, 6) is 0.123. The van der Waals surface area contributed by atoms with Gasteiger partial charge in [0.25, 0.3) is 5.91 Å². The van der Waals surface area contributed by atoms with Gasteiger partial charge in [0.2, 0.25) is 5.91 Å². The second-order valence-corrected chi connectivity index (χ2v) is 8.07. The largest absolute Gasteiger partial charge is 0.450 e. The quantitative estimate of drug-likeness (QED) is 0.639. The molecule has 1 aliphatic heterocycles. The Labute approximate surface area is 168 Å². The first kappa shape index (κ1) is 19.9. The fourth-order valence-electron chi connectivity index (χ4n) is 3.57. The van der Waals surface area contributed by atoms with E-state index in [1.807, 2.05) is 18.2 Å². The van der Waals surface area contributed by atoms with Crippen molar-refractivity contribution in [2.45, 2.75) is 45.4 Å². The van der Waals surface area contributed by atoms with Gasteiger partial charge in [0.1, 0.15) is 5.58 Å². The average Bonchev–Trinajstić information content (AvgIpc) is 3.13. The Bertz CT molecular complexity index is 802. The van der Waals surface area contributed by atoms with Crippen molar-refractivity contribution < 1.29 is 14.0 Å². The Morgan fingerprint density at radius 3 is 2.93 bits per heavy atom. The molecule has 0 aliphatic carbocycles. The monoisotopic (exact) mass is 434 g/mol. The second-order valence-electron chi connectivity index (χ2n) is 7.21. The maximum absolute atomic E-state index is 12.9. The van der Waals surface area contributed by atoms with Gasteiger partial charge in [-0.25, -0.2) is 0 Å². The number of hydrogen-bond donors (Lipinski definition) is 1. The molecule has 1 atom stereocenters. The van der Waals surface area contributed by atoms with Gasteiger partial charge in [-0.15, -0.1) is 0 Å². The minimum Gasteiger partial charge on any atom is -0.450 e. The maximum atomic E-state index is 12.9. The van der Waals surface area contributed by atoms with Gasteiger partial charge < -0.3 is 14.6 Å². The lowest BCUT2D eigenvalue weighted by molar-refractivity contribution is -0.126. The van der Waals surface area contributed by atoms with Crippen LogP contribution in [0.25, 0.3) is 11.0 Å². The van der Waals surface area contributed by atoms with E-state index in [0.29, 0.717) is 24.4 Å². The smallest absolute Gasteiger partial charge is 0.289 e. The highest BCUT2D eigenvalue weighted by Crippen LogP contribution is 2.28. The van der Waals surface area contributed by atoms with Crippen molar-refractivity contribution in [3.05, 3.63) is 34.5 Å². The molecule has 0 spiro atoms. The summed E-state index contributed by atoms with van der Waals surface area (Å²) in [6, 6.07) is 7.50. The Balaban J connectivity index is 1.58. The first-order chi connectivity index (χ1) is 13.1. The summed E-state index contributed by atoms with van der Waals surface area (Å²) < 4.78 is 6.60. The molecule has 27 heavy (non-hydrogen) atoms. The van der Waals surface area contributed by atoms with E-state index < -0.39 is 0 Å². The highest BCUT2D eigenvalue weighted by molar-refractivity contribution is 9.10. The Hall–Kier alpha value is -1.82. The third-order valence-electron chi connectivity index (χ3n) is 5.12. The third-order valence-corrected chi connectivity index (χ3v) is 5.74. The van der Waals surface area contributed by atoms with Crippen LogP contribution in [0.4, 0.5) is 0 Å². The van der Waals surface area contributed by atoms with Crippen molar-refractivity contribution in [1.82, 2.24) is 10.2 Å². The Morgan fingerprint density at radius 1 is 1.30 bits per heavy atom. The number of carbonyl (C=O) groups is 2. The van der Waals surface area contributed by atoms with Crippen LogP contribution in [0.15, 0.2) is 33.2 Å². The fraction of sp³-hybridized carbons (Fsp3) is 0.524. The van der Waals surface area contributed by atoms with Crippen molar-refractivity contribution >= 4 is 38.7 Å². The van der Waals surface area contributed by atoms with Crippen LogP contribution in [-0.2, 0) is 4.79 Å². The summed E-state index contributed by atoms with van der Waals surface area (Å²) in [4.78, 5) is 27.1. The Morgan fingerprint density at radius 2 is 2.15 bits per heavy atom. The molecule has 0 bridgehead atoms. The number of nitrogens with one attached hydrogen (secondary N) is 1. The number of fused-ring (bicyclic) bond motifs is 1. The van der Waals surface area contributed by atoms with E-state index in [1.54, 1.807) is 11.0 Å². The molecule has 2 aromatic rings. The van der Waals surface area contributed by atoms with Crippen LogP contribution < -0.4 is 5.32 Å². The van der Waals surface area contributed by atoms with Gasteiger partial charge in [0.15, 0.2) is 5.76 Å². The number of carbonyl (C=O) groups excluding carboxylic acids is 2. The molecule has 3 rings (SSSR count). The van der Waals surface area contributed by atoms with Crippen molar-refractivity contribution in [2.24, 2.45) is 5.92 Å². The van der Waals surface area contributed by atoms with Gasteiger partial charge in [-0.1, -0.05) is 38.3 Å². The number of benzene rings is 1. The number of hydrogen-bond acceptors (Lipinski definition) is 3. The minimum atomic E-state index is -0.140. The lowest BCUT2D eigenvalue weighted by Gasteiger charge is -2.31. The Kier molecular flexibility index (Phi) is 6.94. The molecule has 1 aromatic heterocycles. The molecular weight excluding hydrogens is 408 g/mol. The van der Waals surface area contributed by atoms with Crippen LogP contribution in [0, 0.1) is 5.92 Å². The fourth-order valence-corrected chi connectivity index (χ4v) is 4.03. The molecule has 0 saturated carbocycles. The first-order valence-corrected chi connectivity index (χ1v) is 10.6. The van der Waals surface area contributed by atoms with E-state index in [-0.39, 0.29) is 17.7 Å². The van der Waals surface area contributed by atoms with Crippen molar-refractivity contribution in [3.8, 4) is 0 Å². The highest BCUT2D eigenvalue weighted by atomic mass is 79.9. The number of amides is 2. The number of halogens is 1. The zero-order valence-electron chi connectivity index (χ0n) is 15.8. The zero-order valence-corrected chi connectivity index (χ0v) is 17.4. The zero-order chi connectivity index (χ0) is 19.2. The molecular formula is C21H27BrN2O3. The van der Waals surface area contributed by atoms with E-state index >= 15 is 0 Å². The van der Waals surface area contributed by atoms with Crippen molar-refractivity contribution in [1.29, 1.82) is 0 Å². The van der Waals surface area contributed by atoms with Gasteiger partial charge in [0.05, 0.1) is 10.4 Å². The topological polar surface area (TPSA) is 62.6 Å². The van der Waals surface area contributed by atoms with Gasteiger partial charge in [0, 0.05) is 25.0 Å². The SMILES string of the molecule is CCCCCCNC(=O)C1CCCN(C(=O)c2cc3cccc(Br)c3o2)C1. The van der Waals surface area contributed by atoms with E-state index in [1.165, 1.54) is 12.8 Å². The predicted molar refractivity (Wildman–Crippen MR) is 110 cm³/mol. The molecule has 1 unspecified atom stereocenters. The van der Waals surface area contributed by atoms with Crippen LogP contribution in [0.2, 0.25) is 0 Å². The normalized spacial score (nSPS) is 17.3. The predicted octanol–water partition coefficient (Wildman–Crippen LogP) is 4.74. The summed E-state index contributed by atoms with van der Waals surface area (Å²) in [6.07, 6.45) is 6.22. The molecule has 1 N–H and O–H groups in total. The van der Waals surface area contributed by atoms with E-state index in [9.17, 15) is 9.59 Å². The molecule has 5 nitrogen and oxygen atoms in total. The molecule has 2 heterocycles. The van der Waals surface area contributed by atoms with Crippen LogP contribution >= 0.6 is 15.9 Å². The summed E-state index contributed by atoms with van der Waals surface area (Å²) in [6.45, 7) is 4.02. The lowest BCUT2D eigenvalue weighted by atomic mass is 9.97. The molecule has 6 heteroatoms. The summed E-state index contributed by atoms with van der Waals surface area (Å²) >= 11 is 3.45. The maximum Gasteiger partial charge on any atom is 0.289 e. The number of rotatable bonds is 7. The van der Waals surface area contributed by atoms with Gasteiger partial charge >= 0.3 is 0 Å². The molecule has 1 fully saturated rings. The number of unbranched alkanes of at least 4 members (excludes halogenated alkanes) is 3. The molecule has 0 radical (unpaired) electrons. The van der Waals surface area contributed by atoms with Crippen LogP contribution in [0.5, 0.6) is 0 Å². The standard InChI is InChI=1S/C21H27BrN2O3/c1-2-3-4-5-11-23-20(25)16-9-7-12-24(14-16)21(26)18-13-15-8-6-10-17(22)19(15)27-18/h6,8,10,13,16H,2-5,7,9,11-12,14H2,1H3,(H,23,25). The summed E-state index contributed by atoms with van der Waals surface area (Å²) in [5.41, 5.74) is 0.680. The highest BCUT2D eigenvalue weighted by Gasteiger charge is 2.30. The molecule has 2 amide bonds. The van der Waals surface area contributed by atoms with Crippen LogP contribution in [0.3, 0.4) is 0 Å². The minimum absolute atomic E-state index is 0.0661. The number of furan rings is 1. The van der Waals surface area contributed by atoms with E-state index in [2.05, 4.69) is 28.2 Å². The van der Waals surface area contributed by atoms with Crippen molar-refractivity contribution in [2.75, 3.05) is 19.6 Å². The summed E-state index contributed by atoms with van der Waals surface area (Å²) in [7, 11) is 0. The second kappa shape index (κ2) is 9.40. The lowest BCUT2D eigenvalue weighted by Crippen LogP contribution is -2.45. The third kappa shape index (κ3) is 4.92. The van der Waals surface area contributed by atoms with Gasteiger partial charge in [-0.2, -0.15) is 0 Å². The van der Waals surface area contributed by atoms with Crippen LogP contribution in [-0.4, -0.2) is 36.3 Å². The summed E-state index contributed by atoms with van der Waals surface area (Å²) in [5, 5.41) is 3.93. The number of likely N-dealkylation sites (tertiary alicyclic amines) is 1. The van der Waals surface area contributed by atoms with Gasteiger partial charge in [-0.05, 0) is 47.3 Å². The molecule has 1 aromatic carbocycles. The van der Waals surface area contributed by atoms with Gasteiger partial charge in [-0.3, -0.25) is 9.59 Å². The number of piperidine rings is 1. The van der Waals surface area contributed by atoms with E-state index in [4.69, 9.17) is 4.42 Å². The average molecular weight is 435 g/mol. The number of para-hydroxylation sites is 1.